The lowest BCUT2D eigenvalue weighted by Crippen LogP contribution is -1.94. The minimum atomic E-state index is 0.574. The lowest BCUT2D eigenvalue weighted by molar-refractivity contribution is 0.306. The highest BCUT2D eigenvalue weighted by Gasteiger charge is 2.05. The van der Waals surface area contributed by atoms with E-state index in [2.05, 4.69) is 56.2 Å². The van der Waals surface area contributed by atoms with Crippen molar-refractivity contribution in [3.8, 4) is 17.0 Å². The predicted molar refractivity (Wildman–Crippen MR) is 100 cm³/mol. The van der Waals surface area contributed by atoms with Crippen LogP contribution < -0.4 is 4.74 Å². The van der Waals surface area contributed by atoms with E-state index in [0.717, 1.165) is 38.2 Å². The van der Waals surface area contributed by atoms with Crippen molar-refractivity contribution < 1.29 is 4.74 Å². The molecule has 0 unspecified atom stereocenters. The van der Waals surface area contributed by atoms with Crippen molar-refractivity contribution in [3.63, 3.8) is 0 Å². The monoisotopic (exact) mass is 378 g/mol. The number of aromatic nitrogens is 2. The molecule has 0 aliphatic rings. The second kappa shape index (κ2) is 6.49. The Morgan fingerprint density at radius 2 is 1.71 bits per heavy atom. The van der Waals surface area contributed by atoms with Crippen LogP contribution in [-0.2, 0) is 6.61 Å². The molecule has 0 aliphatic heterocycles. The maximum atomic E-state index is 5.83. The molecule has 2 heterocycles. The van der Waals surface area contributed by atoms with Gasteiger partial charge in [0, 0.05) is 5.69 Å². The fraction of sp³-hybridized carbons (Fsp3) is 0.0500. The van der Waals surface area contributed by atoms with Crippen molar-refractivity contribution in [2.45, 2.75) is 6.61 Å². The standard InChI is InChI=1S/C20H15BrN2O/c21-20-11-10-17-19(23-20)12-18(22-17)15-6-8-16(9-7-15)24-13-14-4-2-1-3-5-14/h1-12,22H,13H2. The molecular weight excluding hydrogens is 364 g/mol. The molecule has 0 saturated carbocycles. The summed E-state index contributed by atoms with van der Waals surface area (Å²) in [6.07, 6.45) is 0. The molecule has 0 atom stereocenters. The first kappa shape index (κ1) is 15.0. The van der Waals surface area contributed by atoms with Gasteiger partial charge in [-0.2, -0.15) is 0 Å². The van der Waals surface area contributed by atoms with Gasteiger partial charge in [0.2, 0.25) is 0 Å². The minimum absolute atomic E-state index is 0.574. The zero-order valence-electron chi connectivity index (χ0n) is 12.9. The number of H-pyrrole nitrogens is 1. The predicted octanol–water partition coefficient (Wildman–Crippen LogP) is 5.57. The van der Waals surface area contributed by atoms with Gasteiger partial charge in [0.05, 0.1) is 11.0 Å². The van der Waals surface area contributed by atoms with Crippen molar-refractivity contribution in [1.82, 2.24) is 9.97 Å². The normalized spacial score (nSPS) is 10.9. The number of hydrogen-bond donors (Lipinski definition) is 1. The summed E-state index contributed by atoms with van der Waals surface area (Å²) in [5.41, 5.74) is 5.29. The molecule has 4 heteroatoms. The van der Waals surface area contributed by atoms with E-state index in [1.54, 1.807) is 0 Å². The van der Waals surface area contributed by atoms with Gasteiger partial charge in [-0.25, -0.2) is 4.98 Å². The largest absolute Gasteiger partial charge is 0.489 e. The molecule has 2 aromatic carbocycles. The fourth-order valence-electron chi connectivity index (χ4n) is 2.61. The van der Waals surface area contributed by atoms with Crippen molar-refractivity contribution in [1.29, 1.82) is 0 Å². The highest BCUT2D eigenvalue weighted by atomic mass is 79.9. The number of hydrogen-bond acceptors (Lipinski definition) is 2. The summed E-state index contributed by atoms with van der Waals surface area (Å²) in [7, 11) is 0. The van der Waals surface area contributed by atoms with Crippen LogP contribution in [0.1, 0.15) is 5.56 Å². The molecule has 2 aromatic heterocycles. The Bertz CT molecular complexity index is 962. The molecule has 0 saturated heterocycles. The molecule has 118 valence electrons. The number of ether oxygens (including phenoxy) is 1. The van der Waals surface area contributed by atoms with Gasteiger partial charge in [0.25, 0.3) is 0 Å². The number of halogens is 1. The van der Waals surface area contributed by atoms with Gasteiger partial charge in [0.15, 0.2) is 0 Å². The molecule has 24 heavy (non-hydrogen) atoms. The van der Waals surface area contributed by atoms with Crippen LogP contribution in [0.15, 0.2) is 77.4 Å². The maximum Gasteiger partial charge on any atom is 0.119 e. The van der Waals surface area contributed by atoms with E-state index in [-0.39, 0.29) is 0 Å². The first-order valence-electron chi connectivity index (χ1n) is 7.70. The quantitative estimate of drug-likeness (QED) is 0.471. The third kappa shape index (κ3) is 3.19. The molecule has 0 radical (unpaired) electrons. The smallest absolute Gasteiger partial charge is 0.119 e. The van der Waals surface area contributed by atoms with Crippen molar-refractivity contribution in [2.24, 2.45) is 0 Å². The molecule has 0 spiro atoms. The molecule has 4 aromatic rings. The summed E-state index contributed by atoms with van der Waals surface area (Å²) in [6.45, 7) is 0.574. The number of fused-ring (bicyclic) bond motifs is 1. The van der Waals surface area contributed by atoms with Crippen LogP contribution in [0.5, 0.6) is 5.75 Å². The zero-order chi connectivity index (χ0) is 16.4. The Morgan fingerprint density at radius 1 is 0.917 bits per heavy atom. The number of pyridine rings is 1. The molecule has 0 fully saturated rings. The fourth-order valence-corrected chi connectivity index (χ4v) is 2.93. The van der Waals surface area contributed by atoms with E-state index in [1.807, 2.05) is 42.5 Å². The molecule has 0 aliphatic carbocycles. The number of nitrogens with zero attached hydrogens (tertiary/aromatic N) is 1. The van der Waals surface area contributed by atoms with Gasteiger partial charge in [0.1, 0.15) is 17.0 Å². The van der Waals surface area contributed by atoms with E-state index in [4.69, 9.17) is 4.74 Å². The molecule has 3 nitrogen and oxygen atoms in total. The molecule has 4 rings (SSSR count). The van der Waals surface area contributed by atoms with Crippen LogP contribution >= 0.6 is 15.9 Å². The topological polar surface area (TPSA) is 37.9 Å². The zero-order valence-corrected chi connectivity index (χ0v) is 14.5. The van der Waals surface area contributed by atoms with Crippen LogP contribution in [0.4, 0.5) is 0 Å². The van der Waals surface area contributed by atoms with Crippen LogP contribution in [-0.4, -0.2) is 9.97 Å². The number of nitrogens with one attached hydrogen (secondary N) is 1. The third-order valence-electron chi connectivity index (χ3n) is 3.85. The van der Waals surface area contributed by atoms with Gasteiger partial charge in [-0.3, -0.25) is 0 Å². The number of rotatable bonds is 4. The lowest BCUT2D eigenvalue weighted by atomic mass is 10.1. The number of aromatic amines is 1. The SMILES string of the molecule is Brc1ccc2[nH]c(-c3ccc(OCc4ccccc4)cc3)cc2n1. The summed E-state index contributed by atoms with van der Waals surface area (Å²) in [5, 5.41) is 0. The van der Waals surface area contributed by atoms with E-state index in [1.165, 1.54) is 0 Å². The molecule has 1 N–H and O–H groups in total. The van der Waals surface area contributed by atoms with Crippen molar-refractivity contribution >= 4 is 27.0 Å². The first-order valence-corrected chi connectivity index (χ1v) is 8.50. The summed E-state index contributed by atoms with van der Waals surface area (Å²) >= 11 is 3.40. The summed E-state index contributed by atoms with van der Waals surface area (Å²) in [6, 6.07) is 24.3. The number of benzene rings is 2. The summed E-state index contributed by atoms with van der Waals surface area (Å²) in [4.78, 5) is 7.86. The average Bonchev–Trinajstić information content (AvgIpc) is 3.04. The third-order valence-corrected chi connectivity index (χ3v) is 4.30. The van der Waals surface area contributed by atoms with Gasteiger partial charge in [-0.1, -0.05) is 30.3 Å². The van der Waals surface area contributed by atoms with E-state index >= 15 is 0 Å². The first-order chi connectivity index (χ1) is 11.8. The van der Waals surface area contributed by atoms with Gasteiger partial charge in [-0.15, -0.1) is 0 Å². The minimum Gasteiger partial charge on any atom is -0.489 e. The highest BCUT2D eigenvalue weighted by molar-refractivity contribution is 9.10. The Balaban J connectivity index is 1.52. The second-order valence-corrected chi connectivity index (χ2v) is 6.36. The van der Waals surface area contributed by atoms with Gasteiger partial charge < -0.3 is 9.72 Å². The Hall–Kier alpha value is -2.59. The van der Waals surface area contributed by atoms with Gasteiger partial charge in [-0.05, 0) is 69.5 Å². The van der Waals surface area contributed by atoms with Crippen LogP contribution in [0.25, 0.3) is 22.3 Å². The highest BCUT2D eigenvalue weighted by Crippen LogP contribution is 2.26. The second-order valence-electron chi connectivity index (χ2n) is 5.55. The van der Waals surface area contributed by atoms with Crippen LogP contribution in [0.3, 0.4) is 0 Å². The Kier molecular flexibility index (Phi) is 4.05. The van der Waals surface area contributed by atoms with E-state index < -0.39 is 0 Å². The van der Waals surface area contributed by atoms with Crippen molar-refractivity contribution in [2.75, 3.05) is 0 Å². The Labute approximate surface area is 148 Å². The maximum absolute atomic E-state index is 5.83. The average molecular weight is 379 g/mol. The summed E-state index contributed by atoms with van der Waals surface area (Å²) < 4.78 is 6.67. The molecular formula is C20H15BrN2O. The summed E-state index contributed by atoms with van der Waals surface area (Å²) in [5.74, 6) is 0.861. The van der Waals surface area contributed by atoms with Crippen LogP contribution in [0, 0.1) is 0 Å². The van der Waals surface area contributed by atoms with E-state index in [9.17, 15) is 0 Å². The lowest BCUT2D eigenvalue weighted by Gasteiger charge is -2.07. The van der Waals surface area contributed by atoms with Crippen molar-refractivity contribution in [3.05, 3.63) is 83.0 Å². The van der Waals surface area contributed by atoms with Gasteiger partial charge >= 0.3 is 0 Å². The Morgan fingerprint density at radius 3 is 2.50 bits per heavy atom. The molecule has 0 bridgehead atoms. The van der Waals surface area contributed by atoms with Crippen LogP contribution in [0.2, 0.25) is 0 Å². The molecule has 0 amide bonds. The van der Waals surface area contributed by atoms with E-state index in [0.29, 0.717) is 6.61 Å².